The van der Waals surface area contributed by atoms with E-state index in [9.17, 15) is 43.5 Å². The molecule has 22 nitrogen and oxygen atoms in total. The van der Waals surface area contributed by atoms with Crippen LogP contribution in [-0.2, 0) is 57.5 Å². The van der Waals surface area contributed by atoms with Crippen molar-refractivity contribution in [3.63, 3.8) is 0 Å². The first-order valence-corrected chi connectivity index (χ1v) is 34.2. The van der Waals surface area contributed by atoms with Crippen LogP contribution >= 0.6 is 0 Å². The van der Waals surface area contributed by atoms with Gasteiger partial charge in [0.15, 0.2) is 17.3 Å². The van der Waals surface area contributed by atoms with Crippen molar-refractivity contribution in [2.24, 2.45) is 59.2 Å². The number of likely N-dealkylation sites (N-methyl/N-ethyl adjacent to an activating group) is 7. The summed E-state index contributed by atoms with van der Waals surface area (Å²) >= 11 is 0. The maximum atomic E-state index is 15.4. The van der Waals surface area contributed by atoms with Crippen molar-refractivity contribution in [2.75, 3.05) is 55.9 Å². The molecule has 1 aliphatic rings. The van der Waals surface area contributed by atoms with Gasteiger partial charge in [0.1, 0.15) is 36.3 Å². The monoisotopic (exact) mass is 1300 g/mol. The standard InChI is InChI=1S/C70H125N9O13/c1-26-51-38-59(83)61(62(84)46(14)31-29-27-28-30-32-71-50(18)80)79(25)70(92)60(45(12)13)78(24)69(91)56(36-43(8)9)77(23)68(90)55(35-42(6)7)76(22)64(86)48(16)72-63(85)47(15)37-57(81)53(33-40(2)3)75(21)67(89)52(44(10)11)39-58(82)54(34-41(4)5)74(20)65(87)49(17)73(19)66(51)88/h40-49,51-56,60-62,84H,26-39H2,1-25H3,(H,71,80)(H,72,85)/t46-,47-,48-,49?,51-,52+,53+,54+,55+,56+,60+,61?,62-/m1/s1. The van der Waals surface area contributed by atoms with Gasteiger partial charge in [-0.3, -0.25) is 57.5 Å². The van der Waals surface area contributed by atoms with E-state index in [0.717, 1.165) is 19.3 Å². The van der Waals surface area contributed by atoms with Crippen molar-refractivity contribution < 1.29 is 62.6 Å². The molecule has 1 fully saturated rings. The molecule has 0 saturated carbocycles. The van der Waals surface area contributed by atoms with Gasteiger partial charge < -0.3 is 50.0 Å². The predicted octanol–water partition coefficient (Wildman–Crippen LogP) is 7.05. The number of ketones is 3. The number of aliphatic hydroxyl groups excluding tert-OH is 1. The van der Waals surface area contributed by atoms with Gasteiger partial charge in [0, 0.05) is 99.8 Å². The SMILES string of the molecule is CC[C@@H]1CC(=O)C([C@H](O)[C@H](C)CCCCCCNC(C)=O)N(C)C(=O)[C@H](C(C)C)N(C)C(=O)[C@H](CC(C)C)N(C)C(=O)[C@H](CC(C)C)N(C)C(=O)[C@@H](C)NC(=O)[C@H](C)CC(=O)[C@H](CC(C)C)N(C)C(=O)[C@H](C(C)C)CC(=O)[C@H](CC(C)C)N(C)C(=O)C(C)N(C)C1=O. The second-order valence-corrected chi connectivity index (χ2v) is 29.3. The number of nitrogens with zero attached hydrogens (tertiary/aromatic N) is 7. The van der Waals surface area contributed by atoms with E-state index < -0.39 is 161 Å². The Bertz CT molecular complexity index is 2480. The third kappa shape index (κ3) is 24.5. The third-order valence-electron chi connectivity index (χ3n) is 18.8. The van der Waals surface area contributed by atoms with Crippen LogP contribution in [0.2, 0.25) is 0 Å². The average Bonchev–Trinajstić information content (AvgIpc) is 0.815. The number of carbonyl (C=O) groups excluding carboxylic acids is 12. The predicted molar refractivity (Wildman–Crippen MR) is 359 cm³/mol. The quantitative estimate of drug-likeness (QED) is 0.103. The van der Waals surface area contributed by atoms with Crippen LogP contribution in [0.25, 0.3) is 0 Å². The summed E-state index contributed by atoms with van der Waals surface area (Å²) in [7, 11) is 10.3. The largest absolute Gasteiger partial charge is 0.390 e. The molecule has 3 N–H and O–H groups in total. The van der Waals surface area contributed by atoms with Crippen molar-refractivity contribution in [1.82, 2.24) is 44.9 Å². The number of rotatable bonds is 20. The summed E-state index contributed by atoms with van der Waals surface area (Å²) in [5.41, 5.74) is 0. The molecule has 22 heteroatoms. The number of unbranched alkanes of at least 4 members (excludes halogenated alkanes) is 3. The van der Waals surface area contributed by atoms with Crippen LogP contribution in [0.3, 0.4) is 0 Å². The molecule has 9 amide bonds. The number of carbonyl (C=O) groups is 12. The minimum absolute atomic E-state index is 0.0748. The first-order valence-electron chi connectivity index (χ1n) is 34.2. The normalized spacial score (nSPS) is 26.7. The fourth-order valence-electron chi connectivity index (χ4n) is 12.6. The van der Waals surface area contributed by atoms with Gasteiger partial charge in [-0.15, -0.1) is 0 Å². The summed E-state index contributed by atoms with van der Waals surface area (Å²) in [6.45, 7) is 32.3. The summed E-state index contributed by atoms with van der Waals surface area (Å²) in [6, 6.07) is -9.38. The fraction of sp³-hybridized carbons (Fsp3) is 0.829. The molecule has 1 aliphatic heterocycles. The summed E-state index contributed by atoms with van der Waals surface area (Å²) in [6.07, 6.45) is 1.89. The highest BCUT2D eigenvalue weighted by molar-refractivity contribution is 6.00. The van der Waals surface area contributed by atoms with Crippen molar-refractivity contribution in [3.8, 4) is 0 Å². The molecular weight excluding hydrogens is 1170 g/mol. The Balaban J connectivity index is 4.36. The lowest BCUT2D eigenvalue weighted by Crippen LogP contribution is -2.61. The molecule has 0 aromatic heterocycles. The zero-order valence-corrected chi connectivity index (χ0v) is 61.3. The zero-order valence-electron chi connectivity index (χ0n) is 61.3. The summed E-state index contributed by atoms with van der Waals surface area (Å²) < 4.78 is 0. The number of aliphatic hydroxyl groups is 1. The number of nitrogens with one attached hydrogen (secondary N) is 2. The molecule has 1 saturated heterocycles. The van der Waals surface area contributed by atoms with Crippen LogP contribution in [0.4, 0.5) is 0 Å². The Kier molecular flexibility index (Phi) is 35.8. The zero-order chi connectivity index (χ0) is 71.3. The van der Waals surface area contributed by atoms with Crippen LogP contribution in [-0.4, -0.2) is 220 Å². The molecule has 92 heavy (non-hydrogen) atoms. The number of hydrogen-bond acceptors (Lipinski definition) is 13. The maximum Gasteiger partial charge on any atom is 0.246 e. The van der Waals surface area contributed by atoms with Crippen LogP contribution < -0.4 is 10.6 Å². The molecule has 0 spiro atoms. The molecule has 1 rings (SSSR count). The highest BCUT2D eigenvalue weighted by Crippen LogP contribution is 2.30. The summed E-state index contributed by atoms with van der Waals surface area (Å²) in [5.74, 6) is -11.1. The molecular formula is C70H125N9O13. The van der Waals surface area contributed by atoms with Crippen LogP contribution in [0, 0.1) is 59.2 Å². The van der Waals surface area contributed by atoms with Crippen LogP contribution in [0.5, 0.6) is 0 Å². The van der Waals surface area contributed by atoms with Gasteiger partial charge in [0.25, 0.3) is 0 Å². The van der Waals surface area contributed by atoms with Crippen molar-refractivity contribution in [2.45, 2.75) is 263 Å². The highest BCUT2D eigenvalue weighted by Gasteiger charge is 2.46. The van der Waals surface area contributed by atoms with Gasteiger partial charge in [0.2, 0.25) is 53.2 Å². The van der Waals surface area contributed by atoms with Gasteiger partial charge in [-0.25, -0.2) is 0 Å². The Morgan fingerprint density at radius 3 is 1.36 bits per heavy atom. The molecule has 0 aromatic carbocycles. The Labute approximate surface area is 553 Å². The van der Waals surface area contributed by atoms with E-state index in [-0.39, 0.29) is 74.5 Å². The topological polar surface area (TPSA) is 272 Å². The second-order valence-electron chi connectivity index (χ2n) is 29.3. The fourth-order valence-corrected chi connectivity index (χ4v) is 12.6. The lowest BCUT2D eigenvalue weighted by molar-refractivity contribution is -0.157. The van der Waals surface area contributed by atoms with E-state index in [1.54, 1.807) is 48.5 Å². The van der Waals surface area contributed by atoms with E-state index >= 15 is 19.2 Å². The molecule has 13 atom stereocenters. The van der Waals surface area contributed by atoms with Crippen LogP contribution in [0.15, 0.2) is 0 Å². The van der Waals surface area contributed by atoms with E-state index in [4.69, 9.17) is 0 Å². The van der Waals surface area contributed by atoms with E-state index in [1.165, 1.54) is 104 Å². The van der Waals surface area contributed by atoms with Gasteiger partial charge in [-0.2, -0.15) is 0 Å². The highest BCUT2D eigenvalue weighted by atomic mass is 16.3. The Morgan fingerprint density at radius 2 is 0.902 bits per heavy atom. The molecule has 0 bridgehead atoms. The van der Waals surface area contributed by atoms with Crippen molar-refractivity contribution >= 4 is 70.5 Å². The van der Waals surface area contributed by atoms with Crippen molar-refractivity contribution in [3.05, 3.63) is 0 Å². The molecule has 0 radical (unpaired) electrons. The minimum Gasteiger partial charge on any atom is -0.390 e. The van der Waals surface area contributed by atoms with E-state index in [2.05, 4.69) is 10.6 Å². The molecule has 2 unspecified atom stereocenters. The third-order valence-corrected chi connectivity index (χ3v) is 18.8. The number of hydrogen-bond donors (Lipinski definition) is 3. The Morgan fingerprint density at radius 1 is 0.478 bits per heavy atom. The van der Waals surface area contributed by atoms with Gasteiger partial charge in [0.05, 0.1) is 18.2 Å². The first-order chi connectivity index (χ1) is 42.5. The van der Waals surface area contributed by atoms with E-state index in [0.29, 0.717) is 19.4 Å². The first kappa shape index (κ1) is 84.2. The second kappa shape index (κ2) is 39.2. The van der Waals surface area contributed by atoms with Gasteiger partial charge in [-0.1, -0.05) is 123 Å². The summed E-state index contributed by atoms with van der Waals surface area (Å²) in [5, 5.41) is 18.0. The number of Topliss-reactive ketones (excluding diaryl/α,β-unsaturated/α-hetero) is 3. The van der Waals surface area contributed by atoms with Crippen LogP contribution in [0.1, 0.15) is 208 Å². The minimum atomic E-state index is -1.51. The molecule has 1 heterocycles. The van der Waals surface area contributed by atoms with Gasteiger partial charge in [-0.05, 0) is 100 Å². The van der Waals surface area contributed by atoms with Gasteiger partial charge >= 0.3 is 0 Å². The average molecular weight is 1300 g/mol. The lowest BCUT2D eigenvalue weighted by Gasteiger charge is -2.41. The molecule has 0 aliphatic carbocycles. The Hall–Kier alpha value is -5.80. The lowest BCUT2D eigenvalue weighted by atomic mass is 9.84. The molecule has 0 aromatic rings. The maximum absolute atomic E-state index is 15.4. The smallest absolute Gasteiger partial charge is 0.246 e. The molecule has 528 valence electrons. The number of amides is 9. The van der Waals surface area contributed by atoms with E-state index in [1.807, 2.05) is 55.4 Å². The van der Waals surface area contributed by atoms with Crippen molar-refractivity contribution in [1.29, 1.82) is 0 Å². The summed E-state index contributed by atoms with van der Waals surface area (Å²) in [4.78, 5) is 183.